The van der Waals surface area contributed by atoms with Crippen LogP contribution in [0.15, 0.2) is 64.2 Å². The lowest BCUT2D eigenvalue weighted by Crippen LogP contribution is -2.46. The highest BCUT2D eigenvalue weighted by atomic mass is 35.5. The Morgan fingerprint density at radius 3 is 2.04 bits per heavy atom. The van der Waals surface area contributed by atoms with Crippen molar-refractivity contribution in [3.8, 4) is 0 Å². The minimum atomic E-state index is -3.83. The van der Waals surface area contributed by atoms with Gasteiger partial charge in [-0.05, 0) is 54.1 Å². The Balaban J connectivity index is 1.75. The van der Waals surface area contributed by atoms with Crippen LogP contribution in [0.5, 0.6) is 0 Å². The Kier molecular flexibility index (Phi) is 6.90. The van der Waals surface area contributed by atoms with Crippen LogP contribution in [0.4, 0.5) is 0 Å². The Hall–Kier alpha value is -1.71. The van der Waals surface area contributed by atoms with Gasteiger partial charge in [0.05, 0.1) is 24.0 Å². The van der Waals surface area contributed by atoms with Gasteiger partial charge in [-0.15, -0.1) is 22.7 Å². The van der Waals surface area contributed by atoms with Crippen molar-refractivity contribution in [2.24, 2.45) is 0 Å². The molecule has 0 unspecified atom stereocenters. The van der Waals surface area contributed by atoms with Gasteiger partial charge in [0.1, 0.15) is 0 Å². The van der Waals surface area contributed by atoms with E-state index in [9.17, 15) is 13.2 Å². The zero-order chi connectivity index (χ0) is 20.1. The van der Waals surface area contributed by atoms with E-state index < -0.39 is 16.1 Å². The van der Waals surface area contributed by atoms with Crippen molar-refractivity contribution in [1.82, 2.24) is 9.62 Å². The van der Waals surface area contributed by atoms with E-state index in [0.717, 1.165) is 9.75 Å². The number of carbonyl (C=O) groups excluding carboxylic acids is 1. The second-order valence-electron chi connectivity index (χ2n) is 6.15. The Morgan fingerprint density at radius 1 is 1.04 bits per heavy atom. The molecular formula is C19H19ClN2O3S3. The van der Waals surface area contributed by atoms with E-state index in [1.54, 1.807) is 34.5 Å². The van der Waals surface area contributed by atoms with Crippen LogP contribution >= 0.6 is 34.3 Å². The van der Waals surface area contributed by atoms with E-state index in [4.69, 9.17) is 11.6 Å². The molecule has 0 aliphatic rings. The van der Waals surface area contributed by atoms with Gasteiger partial charge in [-0.1, -0.05) is 23.7 Å². The predicted octanol–water partition coefficient (Wildman–Crippen LogP) is 4.36. The number of thiophene rings is 2. The minimum absolute atomic E-state index is 0.0691. The highest BCUT2D eigenvalue weighted by Gasteiger charge is 2.26. The molecule has 0 aliphatic carbocycles. The van der Waals surface area contributed by atoms with E-state index in [1.807, 2.05) is 35.0 Å². The molecule has 1 N–H and O–H groups in total. The fourth-order valence-electron chi connectivity index (χ4n) is 2.63. The summed E-state index contributed by atoms with van der Waals surface area (Å²) in [7, 11) is -3.83. The van der Waals surface area contributed by atoms with Crippen LogP contribution in [0.25, 0.3) is 0 Å². The van der Waals surface area contributed by atoms with Gasteiger partial charge in [-0.25, -0.2) is 8.42 Å². The van der Waals surface area contributed by atoms with Gasteiger partial charge in [0.15, 0.2) is 0 Å². The lowest BCUT2D eigenvalue weighted by Gasteiger charge is -2.25. The Bertz CT molecular complexity index is 965. The molecule has 0 saturated carbocycles. The number of carbonyl (C=O) groups is 1. The first-order valence-corrected chi connectivity index (χ1v) is 12.1. The molecule has 0 fully saturated rings. The minimum Gasteiger partial charge on any atom is -0.331 e. The molecule has 9 heteroatoms. The summed E-state index contributed by atoms with van der Waals surface area (Å²) in [4.78, 5) is 16.9. The number of nitrogens with one attached hydrogen (secondary N) is 1. The maximum absolute atomic E-state index is 13.0. The third kappa shape index (κ3) is 5.42. The molecule has 148 valence electrons. The summed E-state index contributed by atoms with van der Waals surface area (Å²) in [5.41, 5.74) is 0. The second-order valence-corrected chi connectivity index (χ2v) is 10.4. The third-order valence-electron chi connectivity index (χ3n) is 3.99. The number of halogens is 1. The summed E-state index contributed by atoms with van der Waals surface area (Å²) in [6.45, 7) is 2.43. The second kappa shape index (κ2) is 9.19. The van der Waals surface area contributed by atoms with Gasteiger partial charge in [0, 0.05) is 14.8 Å². The van der Waals surface area contributed by atoms with Gasteiger partial charge >= 0.3 is 0 Å². The van der Waals surface area contributed by atoms with E-state index in [1.165, 1.54) is 24.3 Å². The number of amides is 1. The standard InChI is InChI=1S/C19H19ClN2O3S3/c1-14(21-28(24,25)18-8-6-15(20)7-9-18)19(23)22(12-16-4-2-10-26-16)13-17-5-3-11-27-17/h2-11,14,21H,12-13H2,1H3/t14-/m0/s1. The third-order valence-corrected chi connectivity index (χ3v) is 7.52. The van der Waals surface area contributed by atoms with E-state index in [0.29, 0.717) is 18.1 Å². The molecule has 1 atom stereocenters. The fourth-order valence-corrected chi connectivity index (χ4v) is 5.39. The van der Waals surface area contributed by atoms with Crippen molar-refractivity contribution in [2.75, 3.05) is 0 Å². The van der Waals surface area contributed by atoms with Crippen LogP contribution in [0.2, 0.25) is 5.02 Å². The Morgan fingerprint density at radius 2 is 1.57 bits per heavy atom. The maximum Gasteiger partial charge on any atom is 0.241 e. The van der Waals surface area contributed by atoms with E-state index >= 15 is 0 Å². The summed E-state index contributed by atoms with van der Waals surface area (Å²) >= 11 is 8.95. The number of sulfonamides is 1. The number of rotatable bonds is 8. The first-order valence-electron chi connectivity index (χ1n) is 8.46. The van der Waals surface area contributed by atoms with Crippen molar-refractivity contribution in [3.05, 3.63) is 74.1 Å². The normalized spacial score (nSPS) is 12.6. The van der Waals surface area contributed by atoms with Crippen LogP contribution in [0.3, 0.4) is 0 Å². The molecule has 0 spiro atoms. The molecule has 2 aromatic heterocycles. The smallest absolute Gasteiger partial charge is 0.241 e. The topological polar surface area (TPSA) is 66.5 Å². The summed E-state index contributed by atoms with van der Waals surface area (Å²) < 4.78 is 27.7. The largest absolute Gasteiger partial charge is 0.331 e. The van der Waals surface area contributed by atoms with Crippen LogP contribution in [0, 0.1) is 0 Å². The van der Waals surface area contributed by atoms with Crippen LogP contribution in [-0.2, 0) is 27.9 Å². The monoisotopic (exact) mass is 454 g/mol. The highest BCUT2D eigenvalue weighted by molar-refractivity contribution is 7.89. The summed E-state index contributed by atoms with van der Waals surface area (Å²) in [6, 6.07) is 12.7. The predicted molar refractivity (Wildman–Crippen MR) is 114 cm³/mol. The molecule has 3 aromatic rings. The van der Waals surface area contributed by atoms with E-state index in [-0.39, 0.29) is 10.8 Å². The van der Waals surface area contributed by atoms with Crippen LogP contribution in [-0.4, -0.2) is 25.3 Å². The van der Waals surface area contributed by atoms with Gasteiger partial charge in [-0.2, -0.15) is 4.72 Å². The molecule has 0 aliphatic heterocycles. The van der Waals surface area contributed by atoms with E-state index in [2.05, 4.69) is 4.72 Å². The molecule has 5 nitrogen and oxygen atoms in total. The lowest BCUT2D eigenvalue weighted by atomic mass is 10.2. The average molecular weight is 455 g/mol. The fraction of sp³-hybridized carbons (Fsp3) is 0.211. The SMILES string of the molecule is C[C@H](NS(=O)(=O)c1ccc(Cl)cc1)C(=O)N(Cc1cccs1)Cc1cccs1. The molecule has 0 saturated heterocycles. The summed E-state index contributed by atoms with van der Waals surface area (Å²) in [5, 5.41) is 4.35. The highest BCUT2D eigenvalue weighted by Crippen LogP contribution is 2.19. The van der Waals surface area contributed by atoms with Crippen molar-refractivity contribution >= 4 is 50.2 Å². The zero-order valence-corrected chi connectivity index (χ0v) is 18.2. The molecule has 1 aromatic carbocycles. The quantitative estimate of drug-likeness (QED) is 0.550. The molecule has 1 amide bonds. The maximum atomic E-state index is 13.0. The molecule has 0 radical (unpaired) electrons. The van der Waals surface area contributed by atoms with Crippen LogP contribution < -0.4 is 4.72 Å². The average Bonchev–Trinajstić information content (AvgIpc) is 3.34. The van der Waals surface area contributed by atoms with Gasteiger partial charge in [-0.3, -0.25) is 4.79 Å². The Labute approximate surface area is 177 Å². The number of nitrogens with zero attached hydrogens (tertiary/aromatic N) is 1. The van der Waals surface area contributed by atoms with Crippen molar-refractivity contribution in [1.29, 1.82) is 0 Å². The zero-order valence-electron chi connectivity index (χ0n) is 15.0. The molecular weight excluding hydrogens is 436 g/mol. The number of hydrogen-bond donors (Lipinski definition) is 1. The summed E-state index contributed by atoms with van der Waals surface area (Å²) in [6.07, 6.45) is 0. The first-order chi connectivity index (χ1) is 13.3. The number of benzene rings is 1. The van der Waals surface area contributed by atoms with Crippen molar-refractivity contribution < 1.29 is 13.2 Å². The molecule has 0 bridgehead atoms. The lowest BCUT2D eigenvalue weighted by molar-refractivity contribution is -0.133. The van der Waals surface area contributed by atoms with Crippen molar-refractivity contribution in [2.45, 2.75) is 31.0 Å². The van der Waals surface area contributed by atoms with Gasteiger partial charge in [0.25, 0.3) is 0 Å². The molecule has 3 rings (SSSR count). The van der Waals surface area contributed by atoms with Crippen LogP contribution in [0.1, 0.15) is 16.7 Å². The van der Waals surface area contributed by atoms with Gasteiger partial charge in [0.2, 0.25) is 15.9 Å². The van der Waals surface area contributed by atoms with Crippen molar-refractivity contribution in [3.63, 3.8) is 0 Å². The number of hydrogen-bond acceptors (Lipinski definition) is 5. The summed E-state index contributed by atoms with van der Waals surface area (Å²) in [5.74, 6) is -0.278. The molecule has 28 heavy (non-hydrogen) atoms. The molecule has 2 heterocycles. The first kappa shape index (κ1) is 21.0. The van der Waals surface area contributed by atoms with Gasteiger partial charge < -0.3 is 4.90 Å².